The maximum absolute atomic E-state index is 12.5. The Kier molecular flexibility index (Phi) is 4.33. The van der Waals surface area contributed by atoms with Crippen molar-refractivity contribution in [2.45, 2.75) is 11.8 Å². The van der Waals surface area contributed by atoms with Gasteiger partial charge in [0.1, 0.15) is 5.75 Å². The van der Waals surface area contributed by atoms with E-state index in [4.69, 9.17) is 4.74 Å². The van der Waals surface area contributed by atoms with Crippen LogP contribution in [0.25, 0.3) is 0 Å². The summed E-state index contributed by atoms with van der Waals surface area (Å²) < 4.78 is 34.3. The van der Waals surface area contributed by atoms with Crippen molar-refractivity contribution >= 4 is 15.7 Å². The Bertz CT molecular complexity index is 956. The summed E-state index contributed by atoms with van der Waals surface area (Å²) in [4.78, 5) is 23.6. The topological polar surface area (TPSA) is 99.4 Å². The Balaban J connectivity index is 2.56. The maximum Gasteiger partial charge on any atom is 0.330 e. The van der Waals surface area contributed by atoms with Gasteiger partial charge >= 0.3 is 5.69 Å². The van der Waals surface area contributed by atoms with Crippen LogP contribution in [0.1, 0.15) is 5.69 Å². The molecule has 0 aliphatic carbocycles. The van der Waals surface area contributed by atoms with E-state index >= 15 is 0 Å². The average Bonchev–Trinajstić information content (AvgIpc) is 2.51. The highest BCUT2D eigenvalue weighted by molar-refractivity contribution is 7.92. The smallest absolute Gasteiger partial charge is 0.330 e. The van der Waals surface area contributed by atoms with E-state index < -0.39 is 26.2 Å². The summed E-state index contributed by atoms with van der Waals surface area (Å²) in [5.74, 6) is 0.571. The number of hydrogen-bond donors (Lipinski definition) is 1. The van der Waals surface area contributed by atoms with Gasteiger partial charge in [-0.3, -0.25) is 18.7 Å². The largest absolute Gasteiger partial charge is 0.497 e. The number of rotatable bonds is 4. The maximum atomic E-state index is 12.5. The Hall–Kier alpha value is -2.55. The number of ether oxygens (including phenoxy) is 1. The first-order chi connectivity index (χ1) is 10.7. The van der Waals surface area contributed by atoms with Gasteiger partial charge in [-0.15, -0.1) is 0 Å². The van der Waals surface area contributed by atoms with Gasteiger partial charge in [0.2, 0.25) is 0 Å². The van der Waals surface area contributed by atoms with Crippen molar-refractivity contribution < 1.29 is 13.2 Å². The quantitative estimate of drug-likeness (QED) is 0.858. The van der Waals surface area contributed by atoms with Gasteiger partial charge < -0.3 is 4.74 Å². The number of benzene rings is 1. The first-order valence-electron chi connectivity index (χ1n) is 6.62. The SMILES string of the molecule is COc1ccc(NS(=O)(=O)c2c(C)n(C)c(=O)n(C)c2=O)cc1. The summed E-state index contributed by atoms with van der Waals surface area (Å²) in [6.45, 7) is 1.41. The van der Waals surface area contributed by atoms with Crippen LogP contribution in [0.15, 0.2) is 38.8 Å². The molecule has 23 heavy (non-hydrogen) atoms. The Morgan fingerprint density at radius 2 is 1.61 bits per heavy atom. The molecule has 0 amide bonds. The molecule has 1 aromatic heterocycles. The van der Waals surface area contributed by atoms with Crippen LogP contribution in [0.5, 0.6) is 5.75 Å². The lowest BCUT2D eigenvalue weighted by molar-refractivity contribution is 0.415. The minimum absolute atomic E-state index is 0.0686. The van der Waals surface area contributed by atoms with Crippen molar-refractivity contribution in [1.29, 1.82) is 0 Å². The number of hydrogen-bond acceptors (Lipinski definition) is 5. The van der Waals surface area contributed by atoms with E-state index in [-0.39, 0.29) is 11.4 Å². The van der Waals surface area contributed by atoms with Crippen LogP contribution in [-0.2, 0) is 24.1 Å². The zero-order valence-electron chi connectivity index (χ0n) is 13.2. The molecule has 2 aromatic rings. The summed E-state index contributed by atoms with van der Waals surface area (Å²) in [5.41, 5.74) is -1.11. The van der Waals surface area contributed by atoms with E-state index in [1.165, 1.54) is 40.3 Å². The standard InChI is InChI=1S/C14H17N3O5S/c1-9-12(13(18)17(3)14(19)16(9)2)23(20,21)15-10-5-7-11(22-4)8-6-10/h5-8,15H,1-4H3. The highest BCUT2D eigenvalue weighted by atomic mass is 32.2. The molecule has 0 spiro atoms. The van der Waals surface area contributed by atoms with E-state index in [1.54, 1.807) is 12.1 Å². The fraction of sp³-hybridized carbons (Fsp3) is 0.286. The van der Waals surface area contributed by atoms with E-state index in [9.17, 15) is 18.0 Å². The summed E-state index contributed by atoms with van der Waals surface area (Å²) in [7, 11) is -0.00422. The fourth-order valence-corrected chi connectivity index (χ4v) is 3.53. The fourth-order valence-electron chi connectivity index (χ4n) is 2.09. The number of methoxy groups -OCH3 is 1. The van der Waals surface area contributed by atoms with Crippen LogP contribution in [0, 0.1) is 6.92 Å². The minimum Gasteiger partial charge on any atom is -0.497 e. The molecule has 8 nitrogen and oxygen atoms in total. The van der Waals surface area contributed by atoms with Gasteiger partial charge in [0.05, 0.1) is 7.11 Å². The zero-order valence-corrected chi connectivity index (χ0v) is 14.0. The van der Waals surface area contributed by atoms with Crippen LogP contribution in [0.4, 0.5) is 5.69 Å². The number of aromatic nitrogens is 2. The lowest BCUT2D eigenvalue weighted by Crippen LogP contribution is -2.42. The van der Waals surface area contributed by atoms with Gasteiger partial charge in [0, 0.05) is 25.5 Å². The molecule has 0 aliphatic rings. The molecule has 1 N–H and O–H groups in total. The van der Waals surface area contributed by atoms with Crippen molar-refractivity contribution in [3.8, 4) is 5.75 Å². The number of nitrogens with one attached hydrogen (secondary N) is 1. The van der Waals surface area contributed by atoms with Gasteiger partial charge in [0.15, 0.2) is 4.90 Å². The monoisotopic (exact) mass is 339 g/mol. The predicted octanol–water partition coefficient (Wildman–Crippen LogP) is 0.202. The second-order valence-corrected chi connectivity index (χ2v) is 6.57. The summed E-state index contributed by atoms with van der Waals surface area (Å²) in [6.07, 6.45) is 0. The van der Waals surface area contributed by atoms with E-state index in [1.807, 2.05) is 0 Å². The van der Waals surface area contributed by atoms with E-state index in [2.05, 4.69) is 4.72 Å². The van der Waals surface area contributed by atoms with E-state index in [0.717, 1.165) is 9.13 Å². The molecule has 0 saturated carbocycles. The zero-order chi connectivity index (χ0) is 17.4. The van der Waals surface area contributed by atoms with Crippen LogP contribution >= 0.6 is 0 Å². The first-order valence-corrected chi connectivity index (χ1v) is 8.11. The molecule has 124 valence electrons. The number of nitrogens with zero attached hydrogens (tertiary/aromatic N) is 2. The third-order valence-corrected chi connectivity index (χ3v) is 5.03. The molecule has 0 unspecified atom stereocenters. The van der Waals surface area contributed by atoms with Crippen molar-refractivity contribution in [1.82, 2.24) is 9.13 Å². The molecular formula is C14H17N3O5S. The predicted molar refractivity (Wildman–Crippen MR) is 85.5 cm³/mol. The van der Waals surface area contributed by atoms with Crippen molar-refractivity contribution in [3.05, 3.63) is 50.8 Å². The Morgan fingerprint density at radius 3 is 2.13 bits per heavy atom. The lowest BCUT2D eigenvalue weighted by atomic mass is 10.3. The summed E-state index contributed by atoms with van der Waals surface area (Å²) >= 11 is 0. The second-order valence-electron chi connectivity index (χ2n) is 4.95. The van der Waals surface area contributed by atoms with Crippen molar-refractivity contribution in [2.24, 2.45) is 14.1 Å². The second kappa shape index (κ2) is 5.92. The average molecular weight is 339 g/mol. The normalized spacial score (nSPS) is 11.3. The molecule has 0 bridgehead atoms. The van der Waals surface area contributed by atoms with Crippen molar-refractivity contribution in [2.75, 3.05) is 11.8 Å². The number of anilines is 1. The van der Waals surface area contributed by atoms with Crippen molar-refractivity contribution in [3.63, 3.8) is 0 Å². The highest BCUT2D eigenvalue weighted by Crippen LogP contribution is 2.18. The van der Waals surface area contributed by atoms with Crippen LogP contribution in [0.2, 0.25) is 0 Å². The third kappa shape index (κ3) is 3.00. The third-order valence-electron chi connectivity index (χ3n) is 3.52. The molecule has 0 radical (unpaired) electrons. The van der Waals surface area contributed by atoms with Crippen LogP contribution in [-0.4, -0.2) is 24.7 Å². The molecular weight excluding hydrogens is 322 g/mol. The summed E-state index contributed by atoms with van der Waals surface area (Å²) in [5, 5.41) is 0. The molecule has 2 rings (SSSR count). The number of sulfonamides is 1. The molecule has 0 atom stereocenters. The Labute approximate surface area is 133 Å². The van der Waals surface area contributed by atoms with Crippen LogP contribution in [0.3, 0.4) is 0 Å². The molecule has 0 saturated heterocycles. The minimum atomic E-state index is -4.14. The first kappa shape index (κ1) is 16.8. The Morgan fingerprint density at radius 1 is 1.04 bits per heavy atom. The molecule has 0 fully saturated rings. The molecule has 1 aromatic carbocycles. The molecule has 0 aliphatic heterocycles. The van der Waals surface area contributed by atoms with Gasteiger partial charge in [0.25, 0.3) is 15.6 Å². The summed E-state index contributed by atoms with van der Waals surface area (Å²) in [6, 6.07) is 6.20. The van der Waals surface area contributed by atoms with Gasteiger partial charge in [-0.2, -0.15) is 0 Å². The molecule has 1 heterocycles. The van der Waals surface area contributed by atoms with Gasteiger partial charge in [-0.25, -0.2) is 13.2 Å². The lowest BCUT2D eigenvalue weighted by Gasteiger charge is -2.13. The molecule has 9 heteroatoms. The van der Waals surface area contributed by atoms with Gasteiger partial charge in [-0.05, 0) is 31.2 Å². The van der Waals surface area contributed by atoms with E-state index in [0.29, 0.717) is 5.75 Å². The van der Waals surface area contributed by atoms with Gasteiger partial charge in [-0.1, -0.05) is 0 Å². The van der Waals surface area contributed by atoms with Crippen LogP contribution < -0.4 is 20.7 Å². The highest BCUT2D eigenvalue weighted by Gasteiger charge is 2.25.